The summed E-state index contributed by atoms with van der Waals surface area (Å²) in [5, 5.41) is 11.2. The van der Waals surface area contributed by atoms with Crippen LogP contribution in [0.15, 0.2) is 12.2 Å². The van der Waals surface area contributed by atoms with Crippen molar-refractivity contribution in [2.45, 2.75) is 33.1 Å². The van der Waals surface area contributed by atoms with Gasteiger partial charge in [0.1, 0.15) is 0 Å². The Balaban J connectivity index is 3.59. The lowest BCUT2D eigenvalue weighted by atomic mass is 10.0. The fourth-order valence-corrected chi connectivity index (χ4v) is 1.22. The molecule has 0 heterocycles. The summed E-state index contributed by atoms with van der Waals surface area (Å²) in [6.45, 7) is 4.30. The zero-order valence-corrected chi connectivity index (χ0v) is 9.32. The standard InChI is InChI=1S/C11H19NO3/c1-3-4-5-6-12-10(13)7-9(2)8-11(14)15/h3-4,9H,5-8H2,1-2H3,(H,12,13)(H,14,15)/b4-3+. The molecule has 0 aromatic carbocycles. The Labute approximate surface area is 90.4 Å². The second-order valence-electron chi connectivity index (χ2n) is 3.61. The maximum absolute atomic E-state index is 11.3. The van der Waals surface area contributed by atoms with E-state index in [1.54, 1.807) is 6.92 Å². The van der Waals surface area contributed by atoms with Gasteiger partial charge in [-0.05, 0) is 19.3 Å². The first-order valence-corrected chi connectivity index (χ1v) is 5.16. The smallest absolute Gasteiger partial charge is 0.303 e. The third-order valence-corrected chi connectivity index (χ3v) is 1.93. The first-order chi connectivity index (χ1) is 7.06. The van der Waals surface area contributed by atoms with E-state index in [-0.39, 0.29) is 24.7 Å². The molecule has 0 aliphatic carbocycles. The molecule has 0 aliphatic heterocycles. The lowest BCUT2D eigenvalue weighted by Gasteiger charge is -2.08. The molecule has 0 spiro atoms. The molecule has 0 aromatic heterocycles. The average Bonchev–Trinajstić information content (AvgIpc) is 2.10. The molecule has 1 atom stereocenters. The lowest BCUT2D eigenvalue weighted by molar-refractivity contribution is -0.138. The van der Waals surface area contributed by atoms with Crippen LogP contribution in [0.5, 0.6) is 0 Å². The Kier molecular flexibility index (Phi) is 7.32. The second kappa shape index (κ2) is 8.03. The third kappa shape index (κ3) is 9.00. The van der Waals surface area contributed by atoms with Crippen molar-refractivity contribution in [3.05, 3.63) is 12.2 Å². The van der Waals surface area contributed by atoms with Gasteiger partial charge in [0.15, 0.2) is 0 Å². The van der Waals surface area contributed by atoms with E-state index in [0.717, 1.165) is 6.42 Å². The molecule has 0 aromatic rings. The van der Waals surface area contributed by atoms with Gasteiger partial charge < -0.3 is 10.4 Å². The van der Waals surface area contributed by atoms with Crippen molar-refractivity contribution in [3.8, 4) is 0 Å². The summed E-state index contributed by atoms with van der Waals surface area (Å²) >= 11 is 0. The van der Waals surface area contributed by atoms with Gasteiger partial charge >= 0.3 is 5.97 Å². The van der Waals surface area contributed by atoms with Crippen LogP contribution in [-0.4, -0.2) is 23.5 Å². The van der Waals surface area contributed by atoms with E-state index in [2.05, 4.69) is 5.32 Å². The van der Waals surface area contributed by atoms with Gasteiger partial charge in [0.05, 0.1) is 0 Å². The molecule has 2 N–H and O–H groups in total. The number of amides is 1. The predicted octanol–water partition coefficient (Wildman–Crippen LogP) is 1.57. The molecule has 4 heteroatoms. The van der Waals surface area contributed by atoms with Crippen LogP contribution in [-0.2, 0) is 9.59 Å². The second-order valence-corrected chi connectivity index (χ2v) is 3.61. The summed E-state index contributed by atoms with van der Waals surface area (Å²) in [4.78, 5) is 21.6. The highest BCUT2D eigenvalue weighted by Crippen LogP contribution is 2.06. The summed E-state index contributed by atoms with van der Waals surface area (Å²) in [5.74, 6) is -1.04. The van der Waals surface area contributed by atoms with Crippen molar-refractivity contribution in [1.82, 2.24) is 5.32 Å². The Morgan fingerprint density at radius 1 is 1.40 bits per heavy atom. The molecular weight excluding hydrogens is 194 g/mol. The average molecular weight is 213 g/mol. The molecule has 15 heavy (non-hydrogen) atoms. The van der Waals surface area contributed by atoms with Gasteiger partial charge in [-0.15, -0.1) is 0 Å². The Hall–Kier alpha value is -1.32. The van der Waals surface area contributed by atoms with Gasteiger partial charge in [-0.25, -0.2) is 0 Å². The van der Waals surface area contributed by atoms with Crippen molar-refractivity contribution >= 4 is 11.9 Å². The van der Waals surface area contributed by atoms with E-state index >= 15 is 0 Å². The number of carboxylic acids is 1. The zero-order valence-electron chi connectivity index (χ0n) is 9.32. The Morgan fingerprint density at radius 2 is 2.07 bits per heavy atom. The monoisotopic (exact) mass is 213 g/mol. The quantitative estimate of drug-likeness (QED) is 0.498. The van der Waals surface area contributed by atoms with E-state index in [4.69, 9.17) is 5.11 Å². The molecule has 0 bridgehead atoms. The largest absolute Gasteiger partial charge is 0.481 e. The summed E-state index contributed by atoms with van der Waals surface area (Å²) in [5.41, 5.74) is 0. The normalized spacial score (nSPS) is 12.7. The molecule has 1 unspecified atom stereocenters. The van der Waals surface area contributed by atoms with Crippen molar-refractivity contribution in [3.63, 3.8) is 0 Å². The molecule has 86 valence electrons. The van der Waals surface area contributed by atoms with Crippen LogP contribution in [0.4, 0.5) is 0 Å². The van der Waals surface area contributed by atoms with Crippen molar-refractivity contribution < 1.29 is 14.7 Å². The zero-order chi connectivity index (χ0) is 11.7. The fraction of sp³-hybridized carbons (Fsp3) is 0.636. The van der Waals surface area contributed by atoms with Crippen LogP contribution in [0.3, 0.4) is 0 Å². The Bertz CT molecular complexity index is 236. The molecule has 0 rings (SSSR count). The van der Waals surface area contributed by atoms with Gasteiger partial charge in [-0.1, -0.05) is 19.1 Å². The number of carboxylic acid groups (broad SMARTS) is 1. The number of aliphatic carboxylic acids is 1. The van der Waals surface area contributed by atoms with Gasteiger partial charge in [0.2, 0.25) is 5.91 Å². The molecule has 4 nitrogen and oxygen atoms in total. The number of allylic oxidation sites excluding steroid dienone is 1. The molecule has 0 saturated carbocycles. The topological polar surface area (TPSA) is 66.4 Å². The minimum Gasteiger partial charge on any atom is -0.481 e. The first kappa shape index (κ1) is 13.7. The number of rotatable bonds is 7. The molecule has 0 saturated heterocycles. The maximum Gasteiger partial charge on any atom is 0.303 e. The van der Waals surface area contributed by atoms with E-state index in [1.807, 2.05) is 19.1 Å². The summed E-state index contributed by atoms with van der Waals surface area (Å²) in [6.07, 6.45) is 5.04. The first-order valence-electron chi connectivity index (χ1n) is 5.16. The maximum atomic E-state index is 11.3. The molecular formula is C11H19NO3. The predicted molar refractivity (Wildman–Crippen MR) is 58.5 cm³/mol. The fourth-order valence-electron chi connectivity index (χ4n) is 1.22. The number of hydrogen-bond donors (Lipinski definition) is 2. The summed E-state index contributed by atoms with van der Waals surface area (Å²) in [6, 6.07) is 0. The van der Waals surface area contributed by atoms with Crippen LogP contribution in [0.25, 0.3) is 0 Å². The van der Waals surface area contributed by atoms with Crippen molar-refractivity contribution in [2.75, 3.05) is 6.54 Å². The number of carbonyl (C=O) groups excluding carboxylic acids is 1. The Morgan fingerprint density at radius 3 is 2.60 bits per heavy atom. The van der Waals surface area contributed by atoms with E-state index in [1.165, 1.54) is 0 Å². The van der Waals surface area contributed by atoms with Gasteiger partial charge in [0, 0.05) is 19.4 Å². The molecule has 0 fully saturated rings. The number of hydrogen-bond acceptors (Lipinski definition) is 2. The highest BCUT2D eigenvalue weighted by atomic mass is 16.4. The van der Waals surface area contributed by atoms with E-state index in [0.29, 0.717) is 6.54 Å². The van der Waals surface area contributed by atoms with Crippen LogP contribution in [0.1, 0.15) is 33.1 Å². The third-order valence-electron chi connectivity index (χ3n) is 1.93. The molecule has 1 amide bonds. The van der Waals surface area contributed by atoms with Crippen LogP contribution < -0.4 is 5.32 Å². The highest BCUT2D eigenvalue weighted by molar-refractivity contribution is 5.77. The number of carbonyl (C=O) groups is 2. The van der Waals surface area contributed by atoms with E-state index in [9.17, 15) is 9.59 Å². The van der Waals surface area contributed by atoms with E-state index < -0.39 is 5.97 Å². The molecule has 0 aliphatic rings. The van der Waals surface area contributed by atoms with Crippen LogP contribution in [0, 0.1) is 5.92 Å². The minimum atomic E-state index is -0.857. The van der Waals surface area contributed by atoms with Gasteiger partial charge in [-0.2, -0.15) is 0 Å². The van der Waals surface area contributed by atoms with Crippen LogP contribution >= 0.6 is 0 Å². The lowest BCUT2D eigenvalue weighted by Crippen LogP contribution is -2.26. The SMILES string of the molecule is C/C=C/CCNC(=O)CC(C)CC(=O)O. The number of nitrogens with one attached hydrogen (secondary N) is 1. The molecule has 0 radical (unpaired) electrons. The van der Waals surface area contributed by atoms with Gasteiger partial charge in [0.25, 0.3) is 0 Å². The summed E-state index contributed by atoms with van der Waals surface area (Å²) in [7, 11) is 0. The highest BCUT2D eigenvalue weighted by Gasteiger charge is 2.11. The van der Waals surface area contributed by atoms with Crippen molar-refractivity contribution in [1.29, 1.82) is 0 Å². The van der Waals surface area contributed by atoms with Crippen LogP contribution in [0.2, 0.25) is 0 Å². The minimum absolute atomic E-state index is 0.0439. The van der Waals surface area contributed by atoms with Gasteiger partial charge in [-0.3, -0.25) is 9.59 Å². The summed E-state index contributed by atoms with van der Waals surface area (Å²) < 4.78 is 0. The van der Waals surface area contributed by atoms with Crippen molar-refractivity contribution in [2.24, 2.45) is 5.92 Å².